The number of likely N-dealkylation sites (tertiary alicyclic amines) is 1. The van der Waals surface area contributed by atoms with Crippen LogP contribution >= 0.6 is 0 Å². The van der Waals surface area contributed by atoms with Crippen molar-refractivity contribution in [1.82, 2.24) is 14.9 Å². The summed E-state index contributed by atoms with van der Waals surface area (Å²) in [5.41, 5.74) is -0.167. The van der Waals surface area contributed by atoms with E-state index in [1.54, 1.807) is 17.0 Å². The van der Waals surface area contributed by atoms with E-state index in [1.807, 2.05) is 0 Å². The molecule has 172 valence electrons. The maximum Gasteiger partial charge on any atom is 0.417 e. The minimum Gasteiger partial charge on any atom is -0.365 e. The first-order chi connectivity index (χ1) is 15.8. The van der Waals surface area contributed by atoms with E-state index in [9.17, 15) is 22.4 Å². The Morgan fingerprint density at radius 2 is 2.00 bits per heavy atom. The van der Waals surface area contributed by atoms with Crippen molar-refractivity contribution in [3.8, 4) is 0 Å². The molecule has 4 atom stereocenters. The van der Waals surface area contributed by atoms with Gasteiger partial charge in [0.05, 0.1) is 23.7 Å². The van der Waals surface area contributed by atoms with Crippen molar-refractivity contribution >= 4 is 23.8 Å². The lowest BCUT2D eigenvalue weighted by atomic mass is 10.0. The summed E-state index contributed by atoms with van der Waals surface area (Å²) in [6, 6.07) is 5.36. The minimum absolute atomic E-state index is 0.0537. The number of alkyl halides is 4. The van der Waals surface area contributed by atoms with Crippen LogP contribution in [0.1, 0.15) is 34.5 Å². The first-order valence-corrected chi connectivity index (χ1v) is 10.6. The second-order valence-electron chi connectivity index (χ2n) is 8.40. The van der Waals surface area contributed by atoms with Crippen LogP contribution in [0.25, 0.3) is 0 Å². The van der Waals surface area contributed by atoms with Crippen molar-refractivity contribution in [2.75, 3.05) is 18.4 Å². The highest BCUT2D eigenvalue weighted by Gasteiger charge is 2.47. The van der Waals surface area contributed by atoms with Crippen LogP contribution in [0.5, 0.6) is 0 Å². The second kappa shape index (κ2) is 8.20. The van der Waals surface area contributed by atoms with Crippen LogP contribution in [-0.2, 0) is 6.18 Å². The fraction of sp³-hybridized carbons (Fsp3) is 0.409. The van der Waals surface area contributed by atoms with E-state index in [1.165, 1.54) is 18.5 Å². The van der Waals surface area contributed by atoms with Gasteiger partial charge in [0.25, 0.3) is 5.91 Å². The molecule has 5 rings (SSSR count). The SMILES string of the molecule is O=C(c1ncccc1C1=NCC(F)C=N1)N1CC2CC(Nc3ccc(C(F)(F)F)cn3)C1C2. The van der Waals surface area contributed by atoms with E-state index in [2.05, 4.69) is 25.3 Å². The van der Waals surface area contributed by atoms with Crippen LogP contribution in [0.2, 0.25) is 0 Å². The number of carbonyl (C=O) groups excluding carboxylic acids is 1. The topological polar surface area (TPSA) is 82.8 Å². The van der Waals surface area contributed by atoms with E-state index in [0.717, 1.165) is 25.1 Å². The molecule has 2 aliphatic heterocycles. The molecule has 1 N–H and O–H groups in total. The van der Waals surface area contributed by atoms with Gasteiger partial charge in [0.2, 0.25) is 0 Å². The molecule has 3 aliphatic rings. The molecular weight excluding hydrogens is 440 g/mol. The van der Waals surface area contributed by atoms with Crippen LogP contribution in [0.3, 0.4) is 0 Å². The van der Waals surface area contributed by atoms with Crippen molar-refractivity contribution in [2.45, 2.75) is 37.3 Å². The maximum atomic E-state index is 13.4. The number of carbonyl (C=O) groups is 1. The van der Waals surface area contributed by atoms with Gasteiger partial charge in [-0.05, 0) is 43.0 Å². The van der Waals surface area contributed by atoms with Gasteiger partial charge in [-0.1, -0.05) is 0 Å². The number of aliphatic imine (C=N–C) groups is 2. The predicted octanol–water partition coefficient (Wildman–Crippen LogP) is 3.38. The molecule has 1 saturated carbocycles. The molecule has 0 spiro atoms. The molecule has 1 saturated heterocycles. The zero-order valence-corrected chi connectivity index (χ0v) is 17.3. The summed E-state index contributed by atoms with van der Waals surface area (Å²) < 4.78 is 51.7. The molecular formula is C22H20F4N6O. The number of hydrogen-bond acceptors (Lipinski definition) is 6. The number of piperidine rings is 1. The Balaban J connectivity index is 1.34. The van der Waals surface area contributed by atoms with Crippen LogP contribution in [0, 0.1) is 5.92 Å². The van der Waals surface area contributed by atoms with Crippen LogP contribution in [0.4, 0.5) is 23.4 Å². The van der Waals surface area contributed by atoms with Crippen LogP contribution < -0.4 is 5.32 Å². The third-order valence-electron chi connectivity index (χ3n) is 6.19. The Bertz CT molecular complexity index is 1120. The Morgan fingerprint density at radius 1 is 1.15 bits per heavy atom. The number of amides is 1. The lowest BCUT2D eigenvalue weighted by Crippen LogP contribution is -2.48. The second-order valence-corrected chi connectivity index (χ2v) is 8.40. The number of fused-ring (bicyclic) bond motifs is 2. The molecule has 4 heterocycles. The molecule has 4 unspecified atom stereocenters. The summed E-state index contributed by atoms with van der Waals surface area (Å²) >= 11 is 0. The van der Waals surface area contributed by atoms with Crippen molar-refractivity contribution in [2.24, 2.45) is 15.9 Å². The van der Waals surface area contributed by atoms with Gasteiger partial charge in [-0.15, -0.1) is 0 Å². The molecule has 0 radical (unpaired) electrons. The van der Waals surface area contributed by atoms with Gasteiger partial charge < -0.3 is 10.2 Å². The molecule has 2 aromatic rings. The quantitative estimate of drug-likeness (QED) is 0.710. The lowest BCUT2D eigenvalue weighted by Gasteiger charge is -2.34. The molecule has 2 fully saturated rings. The van der Waals surface area contributed by atoms with Crippen molar-refractivity contribution in [3.05, 3.63) is 53.5 Å². The number of aromatic nitrogens is 2. The highest BCUT2D eigenvalue weighted by molar-refractivity contribution is 6.11. The molecule has 2 bridgehead atoms. The third kappa shape index (κ3) is 4.19. The van der Waals surface area contributed by atoms with Gasteiger partial charge in [0, 0.05) is 31.2 Å². The van der Waals surface area contributed by atoms with Gasteiger partial charge in [0.1, 0.15) is 11.5 Å². The summed E-state index contributed by atoms with van der Waals surface area (Å²) in [7, 11) is 0. The minimum atomic E-state index is -4.45. The van der Waals surface area contributed by atoms with Gasteiger partial charge in [-0.25, -0.2) is 14.4 Å². The van der Waals surface area contributed by atoms with Crippen LogP contribution in [-0.4, -0.2) is 64.2 Å². The maximum absolute atomic E-state index is 13.4. The summed E-state index contributed by atoms with van der Waals surface area (Å²) in [4.78, 5) is 31.5. The first kappa shape index (κ1) is 21.5. The molecule has 0 aromatic carbocycles. The summed E-state index contributed by atoms with van der Waals surface area (Å²) in [5, 5.41) is 3.19. The smallest absolute Gasteiger partial charge is 0.365 e. The summed E-state index contributed by atoms with van der Waals surface area (Å²) in [6.45, 7) is 0.516. The molecule has 33 heavy (non-hydrogen) atoms. The largest absolute Gasteiger partial charge is 0.417 e. The number of rotatable bonds is 4. The summed E-state index contributed by atoms with van der Waals surface area (Å²) in [5.74, 6) is 0.604. The van der Waals surface area contributed by atoms with Crippen molar-refractivity contribution in [3.63, 3.8) is 0 Å². The third-order valence-corrected chi connectivity index (χ3v) is 6.19. The van der Waals surface area contributed by atoms with Gasteiger partial charge >= 0.3 is 6.18 Å². The average Bonchev–Trinajstić information content (AvgIpc) is 3.40. The number of nitrogens with one attached hydrogen (secondary N) is 1. The lowest BCUT2D eigenvalue weighted by molar-refractivity contribution is -0.137. The van der Waals surface area contributed by atoms with E-state index in [4.69, 9.17) is 0 Å². The van der Waals surface area contributed by atoms with Gasteiger partial charge in [0.15, 0.2) is 12.0 Å². The molecule has 11 heteroatoms. The summed E-state index contributed by atoms with van der Waals surface area (Å²) in [6.07, 6.45) is -0.637. The van der Waals surface area contributed by atoms with E-state index in [-0.39, 0.29) is 42.0 Å². The molecule has 1 amide bonds. The highest BCUT2D eigenvalue weighted by Crippen LogP contribution is 2.40. The number of amidine groups is 1. The fourth-order valence-electron chi connectivity index (χ4n) is 4.71. The Morgan fingerprint density at radius 3 is 2.67 bits per heavy atom. The average molecular weight is 460 g/mol. The zero-order valence-electron chi connectivity index (χ0n) is 17.3. The number of pyridine rings is 2. The number of hydrogen-bond donors (Lipinski definition) is 1. The Labute approximate surface area is 186 Å². The zero-order chi connectivity index (χ0) is 23.2. The van der Waals surface area contributed by atoms with E-state index in [0.29, 0.717) is 17.9 Å². The first-order valence-electron chi connectivity index (χ1n) is 10.6. The van der Waals surface area contributed by atoms with Gasteiger partial charge in [-0.3, -0.25) is 14.8 Å². The standard InChI is InChI=1S/C22H20F4N6O/c23-14-9-29-20(30-10-14)15-2-1-5-27-19(15)21(33)32-11-12-6-16(17(32)7-12)31-18-4-3-13(8-28-18)22(24,25)26/h1-5,8-9,12,14,16-17H,6-7,10-11H2,(H,28,31). The van der Waals surface area contributed by atoms with Crippen molar-refractivity contribution in [1.29, 1.82) is 0 Å². The number of nitrogens with zero attached hydrogens (tertiary/aromatic N) is 5. The predicted molar refractivity (Wildman–Crippen MR) is 113 cm³/mol. The Kier molecular flexibility index (Phi) is 5.34. The molecule has 2 aromatic heterocycles. The van der Waals surface area contributed by atoms with Crippen LogP contribution in [0.15, 0.2) is 46.6 Å². The van der Waals surface area contributed by atoms with Gasteiger partial charge in [-0.2, -0.15) is 13.2 Å². The normalized spacial score (nSPS) is 26.4. The van der Waals surface area contributed by atoms with Crippen molar-refractivity contribution < 1.29 is 22.4 Å². The molecule has 7 nitrogen and oxygen atoms in total. The Hall–Kier alpha value is -3.37. The number of halogens is 4. The number of anilines is 1. The highest BCUT2D eigenvalue weighted by atomic mass is 19.4. The monoisotopic (exact) mass is 460 g/mol. The van der Waals surface area contributed by atoms with E-state index < -0.39 is 17.9 Å². The fourth-order valence-corrected chi connectivity index (χ4v) is 4.71. The van der Waals surface area contributed by atoms with E-state index >= 15 is 0 Å². The molecule has 1 aliphatic carbocycles.